The third kappa shape index (κ3) is 7.51. The highest BCUT2D eigenvalue weighted by atomic mass is 16.2. The lowest BCUT2D eigenvalue weighted by molar-refractivity contribution is -0.130. The van der Waals surface area contributed by atoms with Gasteiger partial charge < -0.3 is 15.5 Å². The molecule has 1 saturated heterocycles. The fourth-order valence-corrected chi connectivity index (χ4v) is 3.25. The number of hydrogen-bond donors (Lipinski definition) is 1. The zero-order valence-electron chi connectivity index (χ0n) is 15.1. The molecule has 2 aliphatic rings. The number of hydrogen-bond acceptors (Lipinski definition) is 3. The molecule has 1 saturated carbocycles. The molecule has 23 heavy (non-hydrogen) atoms. The molecule has 2 N–H and O–H groups in total. The molecular weight excluding hydrogens is 290 g/mol. The number of terminal acetylenes is 1. The molecule has 2 fully saturated rings. The number of nitrogens with two attached hydrogens (primary N) is 1. The maximum absolute atomic E-state index is 11.7. The van der Waals surface area contributed by atoms with Crippen LogP contribution in [0.3, 0.4) is 0 Å². The van der Waals surface area contributed by atoms with Crippen LogP contribution in [-0.4, -0.2) is 53.3 Å². The Morgan fingerprint density at radius 1 is 1.26 bits per heavy atom. The molecular formula is C18H33N3O2. The van der Waals surface area contributed by atoms with Crippen molar-refractivity contribution in [2.45, 2.75) is 77.4 Å². The van der Waals surface area contributed by atoms with E-state index < -0.39 is 0 Å². The molecule has 0 radical (unpaired) electrons. The van der Waals surface area contributed by atoms with Crippen LogP contribution in [0.15, 0.2) is 0 Å². The first-order valence-corrected chi connectivity index (χ1v) is 8.43. The Kier molecular flexibility index (Phi) is 10.3. The number of carbonyl (C=O) groups excluding carboxylic acids is 2. The van der Waals surface area contributed by atoms with Crippen LogP contribution >= 0.6 is 0 Å². The summed E-state index contributed by atoms with van der Waals surface area (Å²) in [5.41, 5.74) is 4.47. The number of carbonyl (C=O) groups is 2. The van der Waals surface area contributed by atoms with Gasteiger partial charge in [-0.1, -0.05) is 0 Å². The summed E-state index contributed by atoms with van der Waals surface area (Å²) in [4.78, 5) is 25.6. The minimum atomic E-state index is -0.333. The Labute approximate surface area is 141 Å². The number of likely N-dealkylation sites (tertiary alicyclic amines) is 1. The molecule has 1 heterocycles. The van der Waals surface area contributed by atoms with Gasteiger partial charge in [0.15, 0.2) is 0 Å². The molecule has 0 aromatic rings. The fraction of sp³-hybridized carbons (Fsp3) is 0.778. The molecule has 0 spiro atoms. The largest absolute Gasteiger partial charge is 0.370 e. The van der Waals surface area contributed by atoms with E-state index in [1.54, 1.807) is 0 Å². The van der Waals surface area contributed by atoms with Gasteiger partial charge in [0.05, 0.1) is 0 Å². The van der Waals surface area contributed by atoms with Crippen LogP contribution in [0.5, 0.6) is 0 Å². The third-order valence-electron chi connectivity index (χ3n) is 4.61. The van der Waals surface area contributed by atoms with Crippen molar-refractivity contribution in [1.29, 1.82) is 0 Å². The summed E-state index contributed by atoms with van der Waals surface area (Å²) in [6.45, 7) is 6.83. The van der Waals surface area contributed by atoms with E-state index in [2.05, 4.69) is 49.3 Å². The van der Waals surface area contributed by atoms with E-state index in [9.17, 15) is 9.59 Å². The molecule has 0 aromatic carbocycles. The SMILES string of the molecule is C#C.CC(C)N(C)C1CCC(N2CCCC2=O)CC1.CC(N)=O. The molecule has 132 valence electrons. The Balaban J connectivity index is 0.000000705. The second-order valence-corrected chi connectivity index (χ2v) is 6.52. The molecule has 2 amide bonds. The summed E-state index contributed by atoms with van der Waals surface area (Å²) in [5, 5.41) is 0. The van der Waals surface area contributed by atoms with Crippen LogP contribution in [-0.2, 0) is 9.59 Å². The van der Waals surface area contributed by atoms with Gasteiger partial charge in [0, 0.05) is 38.0 Å². The van der Waals surface area contributed by atoms with Crippen LogP contribution < -0.4 is 5.73 Å². The summed E-state index contributed by atoms with van der Waals surface area (Å²) in [7, 11) is 2.23. The number of amides is 2. The smallest absolute Gasteiger partial charge is 0.222 e. The van der Waals surface area contributed by atoms with Gasteiger partial charge >= 0.3 is 0 Å². The van der Waals surface area contributed by atoms with E-state index in [-0.39, 0.29) is 5.91 Å². The van der Waals surface area contributed by atoms with Crippen molar-refractivity contribution in [3.63, 3.8) is 0 Å². The maximum atomic E-state index is 11.7. The lowest BCUT2D eigenvalue weighted by atomic mass is 9.89. The first-order valence-electron chi connectivity index (χ1n) is 8.43. The summed E-state index contributed by atoms with van der Waals surface area (Å²) < 4.78 is 0. The van der Waals surface area contributed by atoms with Gasteiger partial charge in [0.2, 0.25) is 11.8 Å². The van der Waals surface area contributed by atoms with Crippen LogP contribution in [0.2, 0.25) is 0 Å². The first-order chi connectivity index (χ1) is 10.8. The number of primary amides is 1. The van der Waals surface area contributed by atoms with E-state index >= 15 is 0 Å². The highest BCUT2D eigenvalue weighted by Crippen LogP contribution is 2.29. The van der Waals surface area contributed by atoms with Crippen molar-refractivity contribution < 1.29 is 9.59 Å². The standard InChI is InChI=1S/C14H26N2O.C2H5NO.C2H2/c1-11(2)15(3)12-6-8-13(9-7-12)16-10-4-5-14(16)17;1-2(3)4;1-2/h11-13H,4-10H2,1-3H3;1H3,(H2,3,4);1-2H. The quantitative estimate of drug-likeness (QED) is 0.808. The van der Waals surface area contributed by atoms with Gasteiger partial charge in [0.1, 0.15) is 0 Å². The summed E-state index contributed by atoms with van der Waals surface area (Å²) in [6.07, 6.45) is 14.8. The second kappa shape index (κ2) is 11.1. The van der Waals surface area contributed by atoms with Crippen LogP contribution in [0, 0.1) is 12.8 Å². The molecule has 0 unspecified atom stereocenters. The highest BCUT2D eigenvalue weighted by molar-refractivity contribution is 5.78. The van der Waals surface area contributed by atoms with E-state index in [1.807, 2.05) is 0 Å². The zero-order chi connectivity index (χ0) is 18.0. The second-order valence-electron chi connectivity index (χ2n) is 6.52. The topological polar surface area (TPSA) is 66.6 Å². The van der Waals surface area contributed by atoms with Crippen molar-refractivity contribution >= 4 is 11.8 Å². The molecule has 1 aliphatic heterocycles. The highest BCUT2D eigenvalue weighted by Gasteiger charge is 2.32. The van der Waals surface area contributed by atoms with E-state index in [0.29, 0.717) is 18.0 Å². The van der Waals surface area contributed by atoms with Crippen molar-refractivity contribution in [3.05, 3.63) is 0 Å². The van der Waals surface area contributed by atoms with Crippen LogP contribution in [0.1, 0.15) is 59.3 Å². The summed E-state index contributed by atoms with van der Waals surface area (Å²) in [5.74, 6) is 0.0608. The van der Waals surface area contributed by atoms with Crippen LogP contribution in [0.25, 0.3) is 0 Å². The van der Waals surface area contributed by atoms with Crippen molar-refractivity contribution in [2.24, 2.45) is 5.73 Å². The molecule has 1 aliphatic carbocycles. The molecule has 5 nitrogen and oxygen atoms in total. The Hall–Kier alpha value is -1.54. The van der Waals surface area contributed by atoms with Gasteiger partial charge in [-0.2, -0.15) is 0 Å². The molecule has 0 aromatic heterocycles. The van der Waals surface area contributed by atoms with Gasteiger partial charge in [0.25, 0.3) is 0 Å². The molecule has 2 rings (SSSR count). The fourth-order valence-electron chi connectivity index (χ4n) is 3.25. The summed E-state index contributed by atoms with van der Waals surface area (Å²) >= 11 is 0. The maximum Gasteiger partial charge on any atom is 0.222 e. The van der Waals surface area contributed by atoms with Crippen molar-refractivity contribution in [1.82, 2.24) is 9.80 Å². The molecule has 0 atom stereocenters. The monoisotopic (exact) mass is 323 g/mol. The van der Waals surface area contributed by atoms with E-state index in [4.69, 9.17) is 0 Å². The van der Waals surface area contributed by atoms with Gasteiger partial charge in [-0.3, -0.25) is 9.59 Å². The predicted octanol–water partition coefficient (Wildman–Crippen LogP) is 2.00. The average molecular weight is 323 g/mol. The van der Waals surface area contributed by atoms with Crippen molar-refractivity contribution in [2.75, 3.05) is 13.6 Å². The minimum Gasteiger partial charge on any atom is -0.370 e. The summed E-state index contributed by atoms with van der Waals surface area (Å²) in [6, 6.07) is 1.90. The number of nitrogens with zero attached hydrogens (tertiary/aromatic N) is 2. The van der Waals surface area contributed by atoms with Crippen molar-refractivity contribution in [3.8, 4) is 12.8 Å². The zero-order valence-corrected chi connectivity index (χ0v) is 15.1. The Morgan fingerprint density at radius 2 is 1.74 bits per heavy atom. The van der Waals surface area contributed by atoms with Crippen LogP contribution in [0.4, 0.5) is 0 Å². The normalized spacial score (nSPS) is 23.8. The van der Waals surface area contributed by atoms with Gasteiger partial charge in [-0.15, -0.1) is 12.8 Å². The van der Waals surface area contributed by atoms with E-state index in [1.165, 1.54) is 32.6 Å². The predicted molar refractivity (Wildman–Crippen MR) is 94.6 cm³/mol. The lowest BCUT2D eigenvalue weighted by Gasteiger charge is -2.39. The Morgan fingerprint density at radius 3 is 2.09 bits per heavy atom. The third-order valence-corrected chi connectivity index (χ3v) is 4.61. The van der Waals surface area contributed by atoms with Gasteiger partial charge in [-0.05, 0) is 53.0 Å². The average Bonchev–Trinajstić information content (AvgIpc) is 2.94. The number of rotatable bonds is 3. The van der Waals surface area contributed by atoms with Gasteiger partial charge in [-0.25, -0.2) is 0 Å². The molecule has 5 heteroatoms. The molecule has 0 bridgehead atoms. The first kappa shape index (κ1) is 21.5. The Bertz CT molecular complexity index is 381. The lowest BCUT2D eigenvalue weighted by Crippen LogP contribution is -2.45. The van der Waals surface area contributed by atoms with E-state index in [0.717, 1.165) is 25.4 Å². The minimum absolute atomic E-state index is 0.333.